The van der Waals surface area contributed by atoms with E-state index >= 15 is 0 Å². The third-order valence-corrected chi connectivity index (χ3v) is 8.39. The topological polar surface area (TPSA) is 57.5 Å². The Morgan fingerprint density at radius 1 is 1.12 bits per heavy atom. The summed E-state index contributed by atoms with van der Waals surface area (Å²) in [4.78, 5) is 11.8. The van der Waals surface area contributed by atoms with Crippen molar-refractivity contribution in [1.29, 1.82) is 0 Å². The average Bonchev–Trinajstić information content (AvgIpc) is 2.86. The summed E-state index contributed by atoms with van der Waals surface area (Å²) in [6, 6.07) is 0. The molecule has 3 nitrogen and oxygen atoms in total. The summed E-state index contributed by atoms with van der Waals surface area (Å²) >= 11 is 0. The van der Waals surface area contributed by atoms with E-state index in [9.17, 15) is 15.0 Å². The van der Waals surface area contributed by atoms with E-state index in [0.29, 0.717) is 41.5 Å². The second-order valence-electron chi connectivity index (χ2n) is 9.05. The molecule has 24 heavy (non-hydrogen) atoms. The lowest BCUT2D eigenvalue weighted by molar-refractivity contribution is -0.111. The van der Waals surface area contributed by atoms with Crippen LogP contribution in [0.5, 0.6) is 0 Å². The Morgan fingerprint density at radius 2 is 1.92 bits per heavy atom. The Hall–Kier alpha value is -1.09. The maximum absolute atomic E-state index is 11.8. The number of fused-ring (bicyclic) bond motifs is 5. The van der Waals surface area contributed by atoms with Crippen molar-refractivity contribution in [2.45, 2.75) is 58.8 Å². The van der Waals surface area contributed by atoms with Gasteiger partial charge in [-0.3, -0.25) is 4.79 Å². The molecule has 0 bridgehead atoms. The van der Waals surface area contributed by atoms with Gasteiger partial charge in [-0.25, -0.2) is 0 Å². The molecule has 5 unspecified atom stereocenters. The molecule has 6 atom stereocenters. The summed E-state index contributed by atoms with van der Waals surface area (Å²) in [6.07, 6.45) is 11.1. The molecule has 4 rings (SSSR count). The molecular formula is C21H30O3. The fourth-order valence-corrected chi connectivity index (χ4v) is 7.04. The van der Waals surface area contributed by atoms with E-state index in [1.807, 2.05) is 0 Å². The van der Waals surface area contributed by atoms with Gasteiger partial charge in [-0.05, 0) is 87.0 Å². The minimum atomic E-state index is -0.326. The first-order chi connectivity index (χ1) is 11.4. The smallest absolute Gasteiger partial charge is 0.181 e. The lowest BCUT2D eigenvalue weighted by Gasteiger charge is -2.57. The molecule has 0 spiro atoms. The van der Waals surface area contributed by atoms with Gasteiger partial charge in [0.15, 0.2) is 5.78 Å². The molecule has 0 amide bonds. The van der Waals surface area contributed by atoms with Crippen molar-refractivity contribution in [2.75, 3.05) is 6.61 Å². The largest absolute Gasteiger partial charge is 0.511 e. The van der Waals surface area contributed by atoms with Crippen molar-refractivity contribution in [3.63, 3.8) is 0 Å². The van der Waals surface area contributed by atoms with E-state index in [1.165, 1.54) is 25.3 Å². The van der Waals surface area contributed by atoms with Crippen LogP contribution in [0, 0.1) is 34.5 Å². The number of rotatable bonds is 2. The number of carbonyl (C=O) groups is 1. The summed E-state index contributed by atoms with van der Waals surface area (Å²) in [6.45, 7) is 4.92. The zero-order valence-corrected chi connectivity index (χ0v) is 14.9. The first-order valence-corrected chi connectivity index (χ1v) is 9.68. The fourth-order valence-electron chi connectivity index (χ4n) is 7.04. The van der Waals surface area contributed by atoms with E-state index in [4.69, 9.17) is 0 Å². The van der Waals surface area contributed by atoms with Crippen LogP contribution < -0.4 is 0 Å². The lowest BCUT2D eigenvalue weighted by atomic mass is 9.47. The van der Waals surface area contributed by atoms with Crippen LogP contribution in [0.3, 0.4) is 0 Å². The highest BCUT2D eigenvalue weighted by molar-refractivity contribution is 6.01. The molecule has 0 aliphatic heterocycles. The van der Waals surface area contributed by atoms with Crippen LogP contribution in [0.4, 0.5) is 0 Å². The Balaban J connectivity index is 1.68. The molecule has 0 saturated heterocycles. The molecule has 0 aromatic carbocycles. The van der Waals surface area contributed by atoms with Gasteiger partial charge in [0, 0.05) is 18.1 Å². The molecule has 0 radical (unpaired) electrons. The highest BCUT2D eigenvalue weighted by Crippen LogP contribution is 2.67. The second-order valence-corrected chi connectivity index (χ2v) is 9.05. The van der Waals surface area contributed by atoms with Crippen molar-refractivity contribution in [2.24, 2.45) is 34.5 Å². The summed E-state index contributed by atoms with van der Waals surface area (Å²) in [7, 11) is 0. The van der Waals surface area contributed by atoms with Crippen LogP contribution in [0.1, 0.15) is 58.8 Å². The van der Waals surface area contributed by atoms with Gasteiger partial charge in [-0.15, -0.1) is 0 Å². The van der Waals surface area contributed by atoms with Crippen LogP contribution >= 0.6 is 0 Å². The van der Waals surface area contributed by atoms with Crippen LogP contribution in [0.25, 0.3) is 0 Å². The number of ketones is 1. The van der Waals surface area contributed by atoms with Crippen LogP contribution in [-0.4, -0.2) is 22.6 Å². The number of hydrogen-bond donors (Lipinski definition) is 2. The fraction of sp³-hybridized carbons (Fsp3) is 0.762. The van der Waals surface area contributed by atoms with Gasteiger partial charge in [0.25, 0.3) is 0 Å². The second kappa shape index (κ2) is 5.45. The number of carbonyl (C=O) groups excluding carboxylic acids is 1. The Bertz CT molecular complexity index is 619. The minimum Gasteiger partial charge on any atom is -0.511 e. The molecule has 0 aromatic heterocycles. The number of aliphatic hydroxyl groups is 2. The normalized spacial score (nSPS) is 47.4. The number of aliphatic hydroxyl groups excluding tert-OH is 2. The summed E-state index contributed by atoms with van der Waals surface area (Å²) in [5.41, 5.74) is 1.18. The van der Waals surface area contributed by atoms with Gasteiger partial charge in [0.1, 0.15) is 5.76 Å². The zero-order chi connectivity index (χ0) is 17.1. The van der Waals surface area contributed by atoms with Crippen molar-refractivity contribution in [3.05, 3.63) is 23.5 Å². The predicted octanol–water partition coefficient (Wildman–Crippen LogP) is 4.18. The molecule has 3 fully saturated rings. The zero-order valence-electron chi connectivity index (χ0n) is 14.9. The number of hydrogen-bond acceptors (Lipinski definition) is 3. The summed E-state index contributed by atoms with van der Waals surface area (Å²) in [5, 5.41) is 20.1. The first kappa shape index (κ1) is 16.4. The maximum Gasteiger partial charge on any atom is 0.181 e. The Morgan fingerprint density at radius 3 is 2.67 bits per heavy atom. The molecule has 2 N–H and O–H groups in total. The van der Waals surface area contributed by atoms with Crippen molar-refractivity contribution in [3.8, 4) is 0 Å². The molecule has 0 heterocycles. The SMILES string of the molecule is CC12CCC3C(CCC4=CC(=O)C=C(O)[C@@]43C)C1CCC2CCO. The van der Waals surface area contributed by atoms with Gasteiger partial charge in [-0.1, -0.05) is 12.5 Å². The molecule has 4 aliphatic carbocycles. The predicted molar refractivity (Wildman–Crippen MR) is 93.4 cm³/mol. The summed E-state index contributed by atoms with van der Waals surface area (Å²) in [5.74, 6) is 2.69. The maximum atomic E-state index is 11.8. The highest BCUT2D eigenvalue weighted by atomic mass is 16.3. The summed E-state index contributed by atoms with van der Waals surface area (Å²) < 4.78 is 0. The van der Waals surface area contributed by atoms with Crippen molar-refractivity contribution < 1.29 is 15.0 Å². The minimum absolute atomic E-state index is 0.0528. The van der Waals surface area contributed by atoms with Gasteiger partial charge < -0.3 is 10.2 Å². The van der Waals surface area contributed by atoms with Crippen LogP contribution in [0.2, 0.25) is 0 Å². The van der Waals surface area contributed by atoms with Crippen LogP contribution in [0.15, 0.2) is 23.5 Å². The van der Waals surface area contributed by atoms with E-state index < -0.39 is 0 Å². The third-order valence-electron chi connectivity index (χ3n) is 8.39. The lowest BCUT2D eigenvalue weighted by Crippen LogP contribution is -2.51. The monoisotopic (exact) mass is 330 g/mol. The highest BCUT2D eigenvalue weighted by Gasteiger charge is 2.59. The first-order valence-electron chi connectivity index (χ1n) is 9.68. The number of allylic oxidation sites excluding steroid dienone is 3. The Kier molecular flexibility index (Phi) is 3.72. The van der Waals surface area contributed by atoms with Gasteiger partial charge in [0.2, 0.25) is 0 Å². The van der Waals surface area contributed by atoms with E-state index in [2.05, 4.69) is 13.8 Å². The Labute approximate surface area is 144 Å². The molecule has 3 saturated carbocycles. The third kappa shape index (κ3) is 2.03. The molecular weight excluding hydrogens is 300 g/mol. The van der Waals surface area contributed by atoms with Crippen molar-refractivity contribution >= 4 is 5.78 Å². The molecule has 132 valence electrons. The van der Waals surface area contributed by atoms with Gasteiger partial charge >= 0.3 is 0 Å². The van der Waals surface area contributed by atoms with Gasteiger partial charge in [-0.2, -0.15) is 0 Å². The standard InChI is InChI=1S/C21H30O3/c1-20-9-7-18-16(17(20)6-4-13(20)8-10-22)5-3-14-11-15(23)12-19(24)21(14,18)2/h11-13,16-18,22,24H,3-10H2,1-2H3/t13?,16?,17?,18?,20?,21-/m0/s1. The quantitative estimate of drug-likeness (QED) is 0.798. The van der Waals surface area contributed by atoms with E-state index in [1.54, 1.807) is 6.08 Å². The van der Waals surface area contributed by atoms with Crippen molar-refractivity contribution in [1.82, 2.24) is 0 Å². The van der Waals surface area contributed by atoms with E-state index in [0.717, 1.165) is 31.3 Å². The average molecular weight is 330 g/mol. The molecule has 4 aliphatic rings. The van der Waals surface area contributed by atoms with Crippen LogP contribution in [-0.2, 0) is 4.79 Å². The molecule has 3 heteroatoms. The van der Waals surface area contributed by atoms with E-state index in [-0.39, 0.29) is 11.2 Å². The molecule has 0 aromatic rings. The van der Waals surface area contributed by atoms with Gasteiger partial charge in [0.05, 0.1) is 0 Å².